The molecule has 0 aliphatic heterocycles. The van der Waals surface area contributed by atoms with Crippen LogP contribution in [0.15, 0.2) is 0 Å². The number of hydrogen-bond acceptors (Lipinski definition) is 2. The average molecular weight is 199 g/mol. The first kappa shape index (κ1) is 10.2. The van der Waals surface area contributed by atoms with Crippen LogP contribution in [0.5, 0.6) is 0 Å². The van der Waals surface area contributed by atoms with Gasteiger partial charge in [-0.25, -0.2) is 5.43 Å². The second-order valence-electron chi connectivity index (χ2n) is 3.23. The van der Waals surface area contributed by atoms with Crippen LogP contribution >= 0.6 is 11.6 Å². The second kappa shape index (κ2) is 3.85. The molecule has 72 valence electrons. The summed E-state index contributed by atoms with van der Waals surface area (Å²) in [5, 5.41) is -3.23. The molecule has 12 heavy (non-hydrogen) atoms. The van der Waals surface area contributed by atoms with E-state index in [0.717, 1.165) is 25.7 Å². The van der Waals surface area contributed by atoms with Gasteiger partial charge in [0, 0.05) is 0 Å². The van der Waals surface area contributed by atoms with Crippen molar-refractivity contribution in [2.75, 3.05) is 0 Å². The van der Waals surface area contributed by atoms with Gasteiger partial charge in [0.05, 0.1) is 0 Å². The third-order valence-electron chi connectivity index (χ3n) is 2.40. The van der Waals surface area contributed by atoms with E-state index in [1.54, 1.807) is 0 Å². The van der Waals surface area contributed by atoms with Crippen LogP contribution < -0.4 is 11.3 Å². The van der Waals surface area contributed by atoms with E-state index in [9.17, 15) is 8.78 Å². The molecule has 0 radical (unpaired) electrons. The minimum absolute atomic E-state index is 0.0810. The zero-order valence-electron chi connectivity index (χ0n) is 6.69. The van der Waals surface area contributed by atoms with Crippen molar-refractivity contribution in [3.8, 4) is 0 Å². The van der Waals surface area contributed by atoms with Crippen molar-refractivity contribution in [1.82, 2.24) is 5.43 Å². The first-order valence-electron chi connectivity index (χ1n) is 4.08. The van der Waals surface area contributed by atoms with Crippen molar-refractivity contribution in [3.05, 3.63) is 0 Å². The lowest BCUT2D eigenvalue weighted by Crippen LogP contribution is -2.49. The predicted molar refractivity (Wildman–Crippen MR) is 43.9 cm³/mol. The van der Waals surface area contributed by atoms with E-state index in [1.165, 1.54) is 0 Å². The van der Waals surface area contributed by atoms with E-state index < -0.39 is 11.4 Å². The third-order valence-corrected chi connectivity index (χ3v) is 2.64. The fourth-order valence-electron chi connectivity index (χ4n) is 1.79. The van der Waals surface area contributed by atoms with Crippen LogP contribution in [0, 0.1) is 5.92 Å². The monoisotopic (exact) mass is 198 g/mol. The minimum Gasteiger partial charge on any atom is -0.271 e. The van der Waals surface area contributed by atoms with Gasteiger partial charge < -0.3 is 0 Å². The lowest BCUT2D eigenvalue weighted by atomic mass is 9.99. The molecule has 0 heterocycles. The number of alkyl halides is 3. The Labute approximate surface area is 75.4 Å². The smallest absolute Gasteiger partial charge is 0.271 e. The summed E-state index contributed by atoms with van der Waals surface area (Å²) in [5.41, 5.74) is 2.10. The summed E-state index contributed by atoms with van der Waals surface area (Å²) in [4.78, 5) is 0. The number of nitrogens with two attached hydrogens (primary N) is 1. The standard InChI is InChI=1S/C7H13ClF2N2/c8-7(9,10)6(12-11)5-3-1-2-4-5/h5-6,12H,1-4,11H2. The van der Waals surface area contributed by atoms with E-state index in [4.69, 9.17) is 17.4 Å². The molecule has 1 aliphatic rings. The van der Waals surface area contributed by atoms with Gasteiger partial charge in [-0.1, -0.05) is 12.8 Å². The van der Waals surface area contributed by atoms with Gasteiger partial charge >= 0.3 is 5.38 Å². The molecule has 0 saturated heterocycles. The van der Waals surface area contributed by atoms with Crippen LogP contribution in [-0.4, -0.2) is 11.4 Å². The van der Waals surface area contributed by atoms with Crippen molar-refractivity contribution < 1.29 is 8.78 Å². The molecule has 1 fully saturated rings. The third kappa shape index (κ3) is 2.28. The first-order valence-corrected chi connectivity index (χ1v) is 4.46. The van der Waals surface area contributed by atoms with Gasteiger partial charge in [0.2, 0.25) is 0 Å². The fourth-order valence-corrected chi connectivity index (χ4v) is 2.03. The summed E-state index contributed by atoms with van der Waals surface area (Å²) in [6.07, 6.45) is 3.57. The SMILES string of the molecule is NNC(C1CCCC1)C(F)(F)Cl. The van der Waals surface area contributed by atoms with Gasteiger partial charge in [-0.2, -0.15) is 8.78 Å². The quantitative estimate of drug-likeness (QED) is 0.413. The van der Waals surface area contributed by atoms with E-state index in [1.807, 2.05) is 0 Å². The van der Waals surface area contributed by atoms with Gasteiger partial charge in [-0.15, -0.1) is 0 Å². The van der Waals surface area contributed by atoms with Crippen LogP contribution in [0.3, 0.4) is 0 Å². The molecule has 0 spiro atoms. The van der Waals surface area contributed by atoms with E-state index in [-0.39, 0.29) is 5.92 Å². The molecule has 1 aliphatic carbocycles. The molecule has 0 aromatic heterocycles. The van der Waals surface area contributed by atoms with Gasteiger partial charge in [-0.3, -0.25) is 5.84 Å². The van der Waals surface area contributed by atoms with Gasteiger partial charge in [0.25, 0.3) is 0 Å². The molecular weight excluding hydrogens is 186 g/mol. The molecule has 0 amide bonds. The molecule has 5 heteroatoms. The summed E-state index contributed by atoms with van der Waals surface area (Å²) in [5.74, 6) is 4.94. The van der Waals surface area contributed by atoms with Gasteiger partial charge in [0.1, 0.15) is 6.04 Å². The highest BCUT2D eigenvalue weighted by atomic mass is 35.5. The summed E-state index contributed by atoms with van der Waals surface area (Å²) in [7, 11) is 0. The Bertz CT molecular complexity index is 143. The minimum atomic E-state index is -3.23. The molecule has 1 atom stereocenters. The highest BCUT2D eigenvalue weighted by Gasteiger charge is 2.42. The molecule has 0 bridgehead atoms. The first-order chi connectivity index (χ1) is 5.55. The topological polar surface area (TPSA) is 38.0 Å². The average Bonchev–Trinajstić information content (AvgIpc) is 2.38. The Morgan fingerprint density at radius 2 is 1.92 bits per heavy atom. The molecular formula is C7H13ClF2N2. The molecule has 1 unspecified atom stereocenters. The molecule has 3 N–H and O–H groups in total. The normalized spacial score (nSPS) is 23.0. The fraction of sp³-hybridized carbons (Fsp3) is 1.00. The maximum atomic E-state index is 12.7. The Balaban J connectivity index is 2.54. The van der Waals surface area contributed by atoms with Crippen molar-refractivity contribution >= 4 is 11.6 Å². The summed E-state index contributed by atoms with van der Waals surface area (Å²) in [6.45, 7) is 0. The summed E-state index contributed by atoms with van der Waals surface area (Å²) >= 11 is 4.90. The summed E-state index contributed by atoms with van der Waals surface area (Å²) < 4.78 is 25.3. The lowest BCUT2D eigenvalue weighted by molar-refractivity contribution is 0.0258. The number of hydrogen-bond donors (Lipinski definition) is 2. The zero-order valence-corrected chi connectivity index (χ0v) is 7.45. The maximum absolute atomic E-state index is 12.7. The maximum Gasteiger partial charge on any atom is 0.338 e. The molecule has 0 aromatic carbocycles. The van der Waals surface area contributed by atoms with Crippen LogP contribution in [0.1, 0.15) is 25.7 Å². The largest absolute Gasteiger partial charge is 0.338 e. The van der Waals surface area contributed by atoms with Gasteiger partial charge in [-0.05, 0) is 30.4 Å². The zero-order chi connectivity index (χ0) is 9.19. The molecule has 0 aromatic rings. The Kier molecular flexibility index (Phi) is 3.26. The molecule has 1 saturated carbocycles. The Hall–Kier alpha value is 0.0700. The van der Waals surface area contributed by atoms with Crippen LogP contribution in [0.25, 0.3) is 0 Å². The Morgan fingerprint density at radius 3 is 2.25 bits per heavy atom. The number of hydrazine groups is 1. The van der Waals surface area contributed by atoms with E-state index in [0.29, 0.717) is 0 Å². The number of halogens is 3. The second-order valence-corrected chi connectivity index (χ2v) is 3.73. The Morgan fingerprint density at radius 1 is 1.42 bits per heavy atom. The lowest BCUT2D eigenvalue weighted by Gasteiger charge is -2.26. The van der Waals surface area contributed by atoms with Gasteiger partial charge in [0.15, 0.2) is 0 Å². The van der Waals surface area contributed by atoms with Crippen LogP contribution in [-0.2, 0) is 0 Å². The summed E-state index contributed by atoms with van der Waals surface area (Å²) in [6, 6.07) is -1.08. The predicted octanol–water partition coefficient (Wildman–Crippen LogP) is 1.84. The van der Waals surface area contributed by atoms with Crippen LogP contribution in [0.4, 0.5) is 8.78 Å². The van der Waals surface area contributed by atoms with Crippen molar-refractivity contribution in [1.29, 1.82) is 0 Å². The van der Waals surface area contributed by atoms with Crippen molar-refractivity contribution in [3.63, 3.8) is 0 Å². The molecule has 1 rings (SSSR count). The van der Waals surface area contributed by atoms with E-state index in [2.05, 4.69) is 5.43 Å². The number of rotatable bonds is 3. The number of nitrogens with one attached hydrogen (secondary N) is 1. The van der Waals surface area contributed by atoms with E-state index >= 15 is 0 Å². The molecule has 2 nitrogen and oxygen atoms in total. The van der Waals surface area contributed by atoms with Crippen LogP contribution in [0.2, 0.25) is 0 Å². The highest BCUT2D eigenvalue weighted by Crippen LogP contribution is 2.36. The van der Waals surface area contributed by atoms with Crippen molar-refractivity contribution in [2.24, 2.45) is 11.8 Å². The highest BCUT2D eigenvalue weighted by molar-refractivity contribution is 6.22. The van der Waals surface area contributed by atoms with Crippen molar-refractivity contribution in [2.45, 2.75) is 37.1 Å².